The summed E-state index contributed by atoms with van der Waals surface area (Å²) in [5, 5.41) is 11.6. The van der Waals surface area contributed by atoms with E-state index in [2.05, 4.69) is 5.32 Å². The van der Waals surface area contributed by atoms with Crippen LogP contribution in [0.3, 0.4) is 0 Å². The second-order valence-corrected chi connectivity index (χ2v) is 3.19. The molecule has 0 radical (unpaired) electrons. The highest BCUT2D eigenvalue weighted by atomic mass is 16.4. The molecule has 0 bridgehead atoms. The van der Waals surface area contributed by atoms with Crippen molar-refractivity contribution in [1.29, 1.82) is 0 Å². The Morgan fingerprint density at radius 3 is 3.07 bits per heavy atom. The second kappa shape index (κ2) is 5.44. The van der Waals surface area contributed by atoms with Gasteiger partial charge in [0, 0.05) is 6.42 Å². The van der Waals surface area contributed by atoms with E-state index in [0.29, 0.717) is 13.0 Å². The molecular weight excluding hydrogens is 182 g/mol. The molecule has 2 N–H and O–H groups in total. The number of carboxylic acid groups (broad SMARTS) is 1. The van der Waals surface area contributed by atoms with E-state index >= 15 is 0 Å². The first kappa shape index (κ1) is 10.8. The van der Waals surface area contributed by atoms with Crippen molar-refractivity contribution in [3.8, 4) is 0 Å². The lowest BCUT2D eigenvalue weighted by molar-refractivity contribution is -0.137. The predicted octanol–water partition coefficient (Wildman–Crippen LogP) is 1.79. The summed E-state index contributed by atoms with van der Waals surface area (Å²) in [6.07, 6.45) is 2.48. The molecule has 1 heterocycles. The highest BCUT2D eigenvalue weighted by Crippen LogP contribution is 2.11. The number of aliphatic carboxylic acids is 1. The average Bonchev–Trinajstić information content (AvgIpc) is 2.64. The molecule has 4 nitrogen and oxygen atoms in total. The van der Waals surface area contributed by atoms with Gasteiger partial charge in [-0.2, -0.15) is 0 Å². The highest BCUT2D eigenvalue weighted by Gasteiger charge is 2.06. The summed E-state index contributed by atoms with van der Waals surface area (Å²) in [5.41, 5.74) is 0. The summed E-state index contributed by atoms with van der Waals surface area (Å²) < 4.78 is 5.19. The first-order chi connectivity index (χ1) is 6.70. The maximum absolute atomic E-state index is 10.2. The van der Waals surface area contributed by atoms with Crippen LogP contribution in [-0.4, -0.2) is 17.6 Å². The molecule has 14 heavy (non-hydrogen) atoms. The standard InChI is InChI=1S/C10H15NO3/c1-8(9-4-3-7-14-9)11-6-2-5-10(12)13/h3-4,7-8,11H,2,5-6H2,1H3,(H,12,13). The molecule has 0 aliphatic heterocycles. The molecule has 0 amide bonds. The van der Waals surface area contributed by atoms with Crippen molar-refractivity contribution >= 4 is 5.97 Å². The van der Waals surface area contributed by atoms with Crippen LogP contribution in [0.4, 0.5) is 0 Å². The summed E-state index contributed by atoms with van der Waals surface area (Å²) in [6.45, 7) is 2.67. The van der Waals surface area contributed by atoms with E-state index in [4.69, 9.17) is 9.52 Å². The Morgan fingerprint density at radius 1 is 1.71 bits per heavy atom. The summed E-state index contributed by atoms with van der Waals surface area (Å²) in [4.78, 5) is 10.2. The van der Waals surface area contributed by atoms with Crippen LogP contribution in [0.25, 0.3) is 0 Å². The molecule has 1 rings (SSSR count). The van der Waals surface area contributed by atoms with Gasteiger partial charge in [-0.15, -0.1) is 0 Å². The average molecular weight is 197 g/mol. The van der Waals surface area contributed by atoms with Crippen LogP contribution in [-0.2, 0) is 4.79 Å². The number of hydrogen-bond donors (Lipinski definition) is 2. The molecule has 1 atom stereocenters. The lowest BCUT2D eigenvalue weighted by Gasteiger charge is -2.09. The molecule has 0 spiro atoms. The SMILES string of the molecule is CC(NCCCC(=O)O)c1ccco1. The molecule has 1 unspecified atom stereocenters. The topological polar surface area (TPSA) is 62.5 Å². The molecule has 0 fully saturated rings. The summed E-state index contributed by atoms with van der Waals surface area (Å²) in [7, 11) is 0. The number of furan rings is 1. The van der Waals surface area contributed by atoms with Crippen molar-refractivity contribution in [2.45, 2.75) is 25.8 Å². The normalized spacial score (nSPS) is 12.6. The molecule has 0 saturated carbocycles. The quantitative estimate of drug-likeness (QED) is 0.682. The zero-order chi connectivity index (χ0) is 10.4. The van der Waals surface area contributed by atoms with Gasteiger partial charge in [0.1, 0.15) is 5.76 Å². The third-order valence-corrected chi connectivity index (χ3v) is 1.99. The largest absolute Gasteiger partial charge is 0.481 e. The van der Waals surface area contributed by atoms with E-state index in [0.717, 1.165) is 5.76 Å². The summed E-state index contributed by atoms with van der Waals surface area (Å²) in [6, 6.07) is 3.87. The maximum atomic E-state index is 10.2. The Balaban J connectivity index is 2.16. The number of carbonyl (C=O) groups is 1. The molecule has 0 saturated heterocycles. The van der Waals surface area contributed by atoms with Crippen LogP contribution in [0.5, 0.6) is 0 Å². The maximum Gasteiger partial charge on any atom is 0.303 e. The van der Waals surface area contributed by atoms with E-state index in [1.54, 1.807) is 6.26 Å². The van der Waals surface area contributed by atoms with E-state index < -0.39 is 5.97 Å². The minimum absolute atomic E-state index is 0.138. The number of nitrogens with one attached hydrogen (secondary N) is 1. The lowest BCUT2D eigenvalue weighted by atomic mass is 10.2. The van der Waals surface area contributed by atoms with Crippen molar-refractivity contribution < 1.29 is 14.3 Å². The first-order valence-electron chi connectivity index (χ1n) is 4.68. The Morgan fingerprint density at radius 2 is 2.50 bits per heavy atom. The van der Waals surface area contributed by atoms with Gasteiger partial charge in [0.05, 0.1) is 12.3 Å². The van der Waals surface area contributed by atoms with E-state index in [1.165, 1.54) is 0 Å². The smallest absolute Gasteiger partial charge is 0.303 e. The molecule has 0 aliphatic rings. The van der Waals surface area contributed by atoms with Crippen molar-refractivity contribution in [2.24, 2.45) is 0 Å². The predicted molar refractivity (Wildman–Crippen MR) is 52.0 cm³/mol. The van der Waals surface area contributed by atoms with Crippen molar-refractivity contribution in [3.63, 3.8) is 0 Å². The van der Waals surface area contributed by atoms with Crippen LogP contribution < -0.4 is 5.32 Å². The van der Waals surface area contributed by atoms with Crippen molar-refractivity contribution in [2.75, 3.05) is 6.54 Å². The minimum atomic E-state index is -0.752. The van der Waals surface area contributed by atoms with Gasteiger partial charge >= 0.3 is 5.97 Å². The van der Waals surface area contributed by atoms with Gasteiger partial charge in [-0.25, -0.2) is 0 Å². The minimum Gasteiger partial charge on any atom is -0.481 e. The molecule has 0 aliphatic carbocycles. The molecule has 1 aromatic heterocycles. The van der Waals surface area contributed by atoms with E-state index in [-0.39, 0.29) is 12.5 Å². The van der Waals surface area contributed by atoms with E-state index in [9.17, 15) is 4.79 Å². The summed E-state index contributed by atoms with van der Waals surface area (Å²) in [5.74, 6) is 0.123. The van der Waals surface area contributed by atoms with Crippen LogP contribution >= 0.6 is 0 Å². The van der Waals surface area contributed by atoms with Crippen molar-refractivity contribution in [3.05, 3.63) is 24.2 Å². The zero-order valence-electron chi connectivity index (χ0n) is 8.19. The monoisotopic (exact) mass is 197 g/mol. The molecule has 4 heteroatoms. The number of carboxylic acids is 1. The van der Waals surface area contributed by atoms with Crippen LogP contribution in [0.1, 0.15) is 31.6 Å². The van der Waals surface area contributed by atoms with Gasteiger partial charge in [-0.3, -0.25) is 4.79 Å². The lowest BCUT2D eigenvalue weighted by Crippen LogP contribution is -2.20. The van der Waals surface area contributed by atoms with Gasteiger partial charge < -0.3 is 14.8 Å². The van der Waals surface area contributed by atoms with Crippen LogP contribution in [0.15, 0.2) is 22.8 Å². The van der Waals surface area contributed by atoms with Gasteiger partial charge in [0.2, 0.25) is 0 Å². The Kier molecular flexibility index (Phi) is 4.19. The van der Waals surface area contributed by atoms with Crippen LogP contribution in [0.2, 0.25) is 0 Å². The van der Waals surface area contributed by atoms with Gasteiger partial charge in [0.15, 0.2) is 0 Å². The zero-order valence-corrected chi connectivity index (χ0v) is 8.19. The summed E-state index contributed by atoms with van der Waals surface area (Å²) >= 11 is 0. The fourth-order valence-corrected chi connectivity index (χ4v) is 1.20. The number of hydrogen-bond acceptors (Lipinski definition) is 3. The Labute approximate surface area is 82.9 Å². The van der Waals surface area contributed by atoms with E-state index in [1.807, 2.05) is 19.1 Å². The highest BCUT2D eigenvalue weighted by molar-refractivity contribution is 5.66. The van der Waals surface area contributed by atoms with Gasteiger partial charge in [-0.1, -0.05) is 0 Å². The van der Waals surface area contributed by atoms with Gasteiger partial charge in [0.25, 0.3) is 0 Å². The Hall–Kier alpha value is -1.29. The van der Waals surface area contributed by atoms with Crippen LogP contribution in [0, 0.1) is 0 Å². The number of rotatable bonds is 6. The molecule has 0 aromatic carbocycles. The fraction of sp³-hybridized carbons (Fsp3) is 0.500. The third-order valence-electron chi connectivity index (χ3n) is 1.99. The first-order valence-corrected chi connectivity index (χ1v) is 4.68. The van der Waals surface area contributed by atoms with Crippen molar-refractivity contribution in [1.82, 2.24) is 5.32 Å². The molecule has 78 valence electrons. The second-order valence-electron chi connectivity index (χ2n) is 3.19. The molecular formula is C10H15NO3. The fourth-order valence-electron chi connectivity index (χ4n) is 1.20. The van der Waals surface area contributed by atoms with Gasteiger partial charge in [-0.05, 0) is 32.0 Å². The Bertz CT molecular complexity index is 269. The molecule has 1 aromatic rings. The third kappa shape index (κ3) is 3.62.